The van der Waals surface area contributed by atoms with Gasteiger partial charge in [0.2, 0.25) is 0 Å². The number of rotatable bonds is 4. The number of aryl methyl sites for hydroxylation is 2. The van der Waals surface area contributed by atoms with Gasteiger partial charge in [0.15, 0.2) is 0 Å². The molecular formula is C12H16O3. The average molecular weight is 208 g/mol. The summed E-state index contributed by atoms with van der Waals surface area (Å²) in [7, 11) is 3.05. The number of methoxy groups -OCH3 is 2. The quantitative estimate of drug-likeness (QED) is 0.711. The third-order valence-electron chi connectivity index (χ3n) is 2.38. The predicted molar refractivity (Wildman–Crippen MR) is 58.1 cm³/mol. The highest BCUT2D eigenvalue weighted by Gasteiger charge is 2.04. The van der Waals surface area contributed by atoms with Crippen LogP contribution in [0.25, 0.3) is 0 Å². The summed E-state index contributed by atoms with van der Waals surface area (Å²) >= 11 is 0. The van der Waals surface area contributed by atoms with Crippen LogP contribution in [0, 0.1) is 6.92 Å². The molecule has 1 aromatic rings. The van der Waals surface area contributed by atoms with Crippen LogP contribution in [0.15, 0.2) is 18.2 Å². The molecule has 1 rings (SSSR count). The lowest BCUT2D eigenvalue weighted by Crippen LogP contribution is -2.02. The first-order chi connectivity index (χ1) is 7.17. The monoisotopic (exact) mass is 208 g/mol. The minimum Gasteiger partial charge on any atom is -0.497 e. The molecule has 0 spiro atoms. The van der Waals surface area contributed by atoms with E-state index in [1.165, 1.54) is 7.11 Å². The fourth-order valence-corrected chi connectivity index (χ4v) is 1.41. The van der Waals surface area contributed by atoms with Crippen LogP contribution < -0.4 is 4.74 Å². The number of benzene rings is 1. The van der Waals surface area contributed by atoms with Gasteiger partial charge in [-0.15, -0.1) is 0 Å². The van der Waals surface area contributed by atoms with E-state index in [-0.39, 0.29) is 5.97 Å². The fraction of sp³-hybridized carbons (Fsp3) is 0.417. The third kappa shape index (κ3) is 3.27. The van der Waals surface area contributed by atoms with Gasteiger partial charge in [0, 0.05) is 6.42 Å². The number of ether oxygens (including phenoxy) is 2. The topological polar surface area (TPSA) is 35.5 Å². The van der Waals surface area contributed by atoms with E-state index in [0.29, 0.717) is 12.8 Å². The molecule has 0 saturated heterocycles. The van der Waals surface area contributed by atoms with Gasteiger partial charge >= 0.3 is 5.97 Å². The molecule has 0 fully saturated rings. The Kier molecular flexibility index (Phi) is 4.16. The molecule has 0 unspecified atom stereocenters. The first-order valence-corrected chi connectivity index (χ1v) is 4.87. The molecule has 82 valence electrons. The highest BCUT2D eigenvalue weighted by atomic mass is 16.5. The van der Waals surface area contributed by atoms with Crippen LogP contribution in [0.1, 0.15) is 17.5 Å². The van der Waals surface area contributed by atoms with E-state index in [0.717, 1.165) is 16.9 Å². The first-order valence-electron chi connectivity index (χ1n) is 4.87. The van der Waals surface area contributed by atoms with Gasteiger partial charge < -0.3 is 9.47 Å². The SMILES string of the molecule is COC(=O)CCc1ccc(OC)cc1C. The fourth-order valence-electron chi connectivity index (χ4n) is 1.41. The largest absolute Gasteiger partial charge is 0.497 e. The molecule has 0 atom stereocenters. The van der Waals surface area contributed by atoms with Crippen molar-refractivity contribution in [2.45, 2.75) is 19.8 Å². The van der Waals surface area contributed by atoms with E-state index in [1.54, 1.807) is 7.11 Å². The summed E-state index contributed by atoms with van der Waals surface area (Å²) in [6.07, 6.45) is 1.13. The molecule has 0 saturated carbocycles. The van der Waals surface area contributed by atoms with E-state index < -0.39 is 0 Å². The molecule has 0 heterocycles. The van der Waals surface area contributed by atoms with Crippen molar-refractivity contribution in [3.8, 4) is 5.75 Å². The number of hydrogen-bond donors (Lipinski definition) is 0. The lowest BCUT2D eigenvalue weighted by molar-refractivity contribution is -0.140. The lowest BCUT2D eigenvalue weighted by Gasteiger charge is -2.07. The van der Waals surface area contributed by atoms with Gasteiger partial charge in [-0.05, 0) is 36.6 Å². The Hall–Kier alpha value is -1.51. The Labute approximate surface area is 90.0 Å². The maximum Gasteiger partial charge on any atom is 0.305 e. The van der Waals surface area contributed by atoms with Crippen molar-refractivity contribution < 1.29 is 14.3 Å². The normalized spacial score (nSPS) is 9.80. The van der Waals surface area contributed by atoms with E-state index in [9.17, 15) is 4.79 Å². The molecule has 0 aliphatic rings. The Bertz CT molecular complexity index is 345. The number of hydrogen-bond acceptors (Lipinski definition) is 3. The van der Waals surface area contributed by atoms with E-state index in [2.05, 4.69) is 4.74 Å². The second-order valence-corrected chi connectivity index (χ2v) is 3.37. The standard InChI is InChI=1S/C12H16O3/c1-9-8-11(14-2)6-4-10(9)5-7-12(13)15-3/h4,6,8H,5,7H2,1-3H3. The molecule has 0 amide bonds. The van der Waals surface area contributed by atoms with Gasteiger partial charge in [-0.3, -0.25) is 4.79 Å². The van der Waals surface area contributed by atoms with Crippen LogP contribution in [-0.2, 0) is 16.0 Å². The van der Waals surface area contributed by atoms with Crippen molar-refractivity contribution in [3.05, 3.63) is 29.3 Å². The van der Waals surface area contributed by atoms with Crippen molar-refractivity contribution >= 4 is 5.97 Å². The first kappa shape index (κ1) is 11.6. The summed E-state index contributed by atoms with van der Waals surface area (Å²) < 4.78 is 9.70. The molecular weight excluding hydrogens is 192 g/mol. The molecule has 0 radical (unpaired) electrons. The maximum absolute atomic E-state index is 11.0. The van der Waals surface area contributed by atoms with Crippen LogP contribution in [0.5, 0.6) is 5.75 Å². The molecule has 0 aliphatic heterocycles. The molecule has 15 heavy (non-hydrogen) atoms. The van der Waals surface area contributed by atoms with Crippen molar-refractivity contribution in [2.75, 3.05) is 14.2 Å². The summed E-state index contributed by atoms with van der Waals surface area (Å²) in [5.74, 6) is 0.666. The Morgan fingerprint density at radius 3 is 2.60 bits per heavy atom. The van der Waals surface area contributed by atoms with E-state index >= 15 is 0 Å². The summed E-state index contributed by atoms with van der Waals surface area (Å²) in [4.78, 5) is 11.0. The van der Waals surface area contributed by atoms with Gasteiger partial charge in [-0.1, -0.05) is 6.07 Å². The second kappa shape index (κ2) is 5.39. The van der Waals surface area contributed by atoms with Gasteiger partial charge in [0.05, 0.1) is 14.2 Å². The average Bonchev–Trinajstić information content (AvgIpc) is 2.26. The van der Waals surface area contributed by atoms with E-state index in [4.69, 9.17) is 4.74 Å². The zero-order valence-corrected chi connectivity index (χ0v) is 9.37. The summed E-state index contributed by atoms with van der Waals surface area (Å²) in [5.41, 5.74) is 2.29. The predicted octanol–water partition coefficient (Wildman–Crippen LogP) is 2.11. The number of carbonyl (C=O) groups excluding carboxylic acids is 1. The molecule has 0 aliphatic carbocycles. The Morgan fingerprint density at radius 2 is 2.07 bits per heavy atom. The van der Waals surface area contributed by atoms with Crippen molar-refractivity contribution in [1.82, 2.24) is 0 Å². The van der Waals surface area contributed by atoms with Crippen LogP contribution in [0.3, 0.4) is 0 Å². The summed E-state index contributed by atoms with van der Waals surface area (Å²) in [6, 6.07) is 5.85. The Balaban J connectivity index is 2.66. The lowest BCUT2D eigenvalue weighted by atomic mass is 10.0. The zero-order chi connectivity index (χ0) is 11.3. The molecule has 0 bridgehead atoms. The summed E-state index contributed by atoms with van der Waals surface area (Å²) in [6.45, 7) is 2.01. The van der Waals surface area contributed by atoms with Crippen LogP contribution in [-0.4, -0.2) is 20.2 Å². The minimum absolute atomic E-state index is 0.176. The smallest absolute Gasteiger partial charge is 0.305 e. The van der Waals surface area contributed by atoms with Gasteiger partial charge in [-0.25, -0.2) is 0 Å². The minimum atomic E-state index is -0.176. The molecule has 3 nitrogen and oxygen atoms in total. The number of esters is 1. The van der Waals surface area contributed by atoms with Gasteiger partial charge in [0.25, 0.3) is 0 Å². The molecule has 1 aromatic carbocycles. The van der Waals surface area contributed by atoms with Gasteiger partial charge in [0.1, 0.15) is 5.75 Å². The van der Waals surface area contributed by atoms with Crippen molar-refractivity contribution in [1.29, 1.82) is 0 Å². The zero-order valence-electron chi connectivity index (χ0n) is 9.37. The molecule has 0 aromatic heterocycles. The van der Waals surface area contributed by atoms with E-state index in [1.807, 2.05) is 25.1 Å². The van der Waals surface area contributed by atoms with Crippen LogP contribution in [0.2, 0.25) is 0 Å². The number of carbonyl (C=O) groups is 1. The summed E-state index contributed by atoms with van der Waals surface area (Å²) in [5, 5.41) is 0. The van der Waals surface area contributed by atoms with Gasteiger partial charge in [-0.2, -0.15) is 0 Å². The van der Waals surface area contributed by atoms with Crippen molar-refractivity contribution in [3.63, 3.8) is 0 Å². The highest BCUT2D eigenvalue weighted by molar-refractivity contribution is 5.69. The highest BCUT2D eigenvalue weighted by Crippen LogP contribution is 2.18. The molecule has 0 N–H and O–H groups in total. The molecule has 3 heteroatoms. The van der Waals surface area contributed by atoms with Crippen LogP contribution in [0.4, 0.5) is 0 Å². The van der Waals surface area contributed by atoms with Crippen molar-refractivity contribution in [2.24, 2.45) is 0 Å². The second-order valence-electron chi connectivity index (χ2n) is 3.37. The Morgan fingerprint density at radius 1 is 1.33 bits per heavy atom. The third-order valence-corrected chi connectivity index (χ3v) is 2.38. The maximum atomic E-state index is 11.0. The van der Waals surface area contributed by atoms with Crippen LogP contribution >= 0.6 is 0 Å².